The number of amides is 4. The van der Waals surface area contributed by atoms with E-state index in [4.69, 9.17) is 25.9 Å². The lowest BCUT2D eigenvalue weighted by atomic mass is 9.94. The molecule has 53 heavy (non-hydrogen) atoms. The summed E-state index contributed by atoms with van der Waals surface area (Å²) in [6.07, 6.45) is 1.32. The van der Waals surface area contributed by atoms with Crippen molar-refractivity contribution in [3.8, 4) is 11.4 Å². The van der Waals surface area contributed by atoms with Crippen LogP contribution in [-0.4, -0.2) is 70.9 Å². The smallest absolute Gasteiger partial charge is 0.340 e. The van der Waals surface area contributed by atoms with E-state index in [2.05, 4.69) is 16.0 Å². The molecule has 0 bridgehead atoms. The van der Waals surface area contributed by atoms with E-state index in [1.165, 1.54) is 6.07 Å². The van der Waals surface area contributed by atoms with Gasteiger partial charge < -0.3 is 46.6 Å². The Kier molecular flexibility index (Phi) is 15.9. The maximum Gasteiger partial charge on any atom is 0.340 e. The number of carbonyl (C=O) groups is 4. The Balaban J connectivity index is 0.000000754. The monoisotopic (exact) mass is 741 g/mol. The van der Waals surface area contributed by atoms with Crippen LogP contribution in [0.4, 0.5) is 9.18 Å². The zero-order valence-electron chi connectivity index (χ0n) is 31.3. The van der Waals surface area contributed by atoms with E-state index in [1.807, 2.05) is 34.6 Å². The Labute approximate surface area is 308 Å². The summed E-state index contributed by atoms with van der Waals surface area (Å²) in [6.45, 7) is 12.2. The molecule has 0 saturated carbocycles. The number of urea groups is 1. The number of aryl methyl sites for hydroxylation is 2. The van der Waals surface area contributed by atoms with E-state index in [-0.39, 0.29) is 49.0 Å². The summed E-state index contributed by atoms with van der Waals surface area (Å²) >= 11 is 0. The largest absolute Gasteiger partial charge is 0.458 e. The average Bonchev–Trinajstić information content (AvgIpc) is 3.50. The number of nitrogens with zero attached hydrogens (tertiary/aromatic N) is 2. The van der Waals surface area contributed by atoms with E-state index < -0.39 is 41.8 Å². The minimum absolute atomic E-state index is 0.0159. The molecule has 2 atom stereocenters. The number of benzene rings is 1. The number of halogens is 1. The predicted octanol–water partition coefficient (Wildman–Crippen LogP) is 2.57. The van der Waals surface area contributed by atoms with E-state index in [0.717, 1.165) is 22.9 Å². The van der Waals surface area contributed by atoms with Crippen LogP contribution in [0.2, 0.25) is 0 Å². The number of cyclic esters (lactones) is 1. The van der Waals surface area contributed by atoms with Crippen LogP contribution in [-0.2, 0) is 43.4 Å². The van der Waals surface area contributed by atoms with Crippen LogP contribution in [0.3, 0.4) is 0 Å². The highest BCUT2D eigenvalue weighted by Crippen LogP contribution is 2.38. The van der Waals surface area contributed by atoms with Gasteiger partial charge in [-0.05, 0) is 61.8 Å². The van der Waals surface area contributed by atoms with Crippen molar-refractivity contribution in [3.63, 3.8) is 0 Å². The van der Waals surface area contributed by atoms with Crippen LogP contribution < -0.4 is 33.0 Å². The standard InChI is InChI=1S/C31H36FN5O7.C4H10N2O.C2H6/c1-15(2)26(33)29(40)34-11-25(38)35-14-43-7-5-4-6-17-18-8-16(3)22(32)10-23(18)36-27-20(17)12-37-24(27)9-19-21(30(37)41)13-44-31(42)28(19)39;1-2-3-6-4(5)7;1-2/h8-10,15,26,28,39H,4-7,11-14,33H2,1-3H3,(H,34,40)(H,35,38);2-3H2,1H3,(H3,5,6,7);1-2H3. The van der Waals surface area contributed by atoms with Gasteiger partial charge in [-0.2, -0.15) is 0 Å². The van der Waals surface area contributed by atoms with Gasteiger partial charge in [0.05, 0.1) is 41.6 Å². The first kappa shape index (κ1) is 42.5. The van der Waals surface area contributed by atoms with Crippen LogP contribution in [0, 0.1) is 18.7 Å². The van der Waals surface area contributed by atoms with Crippen molar-refractivity contribution in [2.45, 2.75) is 92.5 Å². The number of ether oxygens (including phenoxy) is 2. The molecule has 15 nitrogen and oxygen atoms in total. The number of aromatic nitrogens is 2. The molecule has 2 aromatic heterocycles. The minimum atomic E-state index is -1.56. The van der Waals surface area contributed by atoms with Crippen LogP contribution in [0.15, 0.2) is 23.0 Å². The number of pyridine rings is 2. The minimum Gasteiger partial charge on any atom is -0.458 e. The summed E-state index contributed by atoms with van der Waals surface area (Å²) < 4.78 is 26.7. The van der Waals surface area contributed by atoms with Gasteiger partial charge in [-0.15, -0.1) is 0 Å². The lowest BCUT2D eigenvalue weighted by molar-refractivity contribution is -0.157. The predicted molar refractivity (Wildman–Crippen MR) is 197 cm³/mol. The number of nitrogens with two attached hydrogens (primary N) is 2. The van der Waals surface area contributed by atoms with Crippen LogP contribution in [0.1, 0.15) is 87.8 Å². The van der Waals surface area contributed by atoms with Gasteiger partial charge in [-0.1, -0.05) is 34.6 Å². The second-order valence-corrected chi connectivity index (χ2v) is 12.8. The van der Waals surface area contributed by atoms with E-state index >= 15 is 0 Å². The maximum absolute atomic E-state index is 14.6. The molecule has 1 aromatic carbocycles. The number of nitrogens with one attached hydrogen (secondary N) is 3. The van der Waals surface area contributed by atoms with Gasteiger partial charge >= 0.3 is 12.0 Å². The highest BCUT2D eigenvalue weighted by Gasteiger charge is 2.34. The molecule has 2 unspecified atom stereocenters. The van der Waals surface area contributed by atoms with E-state index in [9.17, 15) is 33.5 Å². The first-order chi connectivity index (χ1) is 25.2. The van der Waals surface area contributed by atoms with Gasteiger partial charge in [0.25, 0.3) is 5.56 Å². The topological polar surface area (TPSA) is 230 Å². The van der Waals surface area contributed by atoms with Crippen LogP contribution in [0.25, 0.3) is 22.3 Å². The fourth-order valence-electron chi connectivity index (χ4n) is 5.73. The number of primary amides is 1. The zero-order chi connectivity index (χ0) is 39.4. The van der Waals surface area contributed by atoms with Crippen molar-refractivity contribution in [2.75, 3.05) is 26.4 Å². The van der Waals surface area contributed by atoms with Crippen molar-refractivity contribution < 1.29 is 38.1 Å². The lowest BCUT2D eigenvalue weighted by Gasteiger charge is -2.21. The molecule has 290 valence electrons. The molecule has 16 heteroatoms. The van der Waals surface area contributed by atoms with Gasteiger partial charge in [0.1, 0.15) is 19.2 Å². The number of rotatable bonds is 13. The summed E-state index contributed by atoms with van der Waals surface area (Å²) in [5.74, 6) is -2.04. The van der Waals surface area contributed by atoms with Crippen molar-refractivity contribution in [2.24, 2.45) is 17.4 Å². The fourth-order valence-corrected chi connectivity index (χ4v) is 5.73. The third kappa shape index (κ3) is 10.6. The molecule has 2 aliphatic rings. The third-order valence-corrected chi connectivity index (χ3v) is 8.68. The van der Waals surface area contributed by atoms with Gasteiger partial charge in [0.2, 0.25) is 11.8 Å². The van der Waals surface area contributed by atoms with Crippen molar-refractivity contribution in [3.05, 3.63) is 62.2 Å². The molecule has 2 aliphatic heterocycles. The second-order valence-electron chi connectivity index (χ2n) is 12.8. The summed E-state index contributed by atoms with van der Waals surface area (Å²) in [5, 5.41) is 18.7. The molecule has 8 N–H and O–H groups in total. The Hall–Kier alpha value is -4.93. The normalized spacial score (nSPS) is 14.4. The molecule has 5 rings (SSSR count). The number of carbonyl (C=O) groups excluding carboxylic acids is 4. The highest BCUT2D eigenvalue weighted by atomic mass is 19.1. The Morgan fingerprint density at radius 2 is 1.83 bits per heavy atom. The van der Waals surface area contributed by atoms with Gasteiger partial charge in [0.15, 0.2) is 6.10 Å². The molecule has 0 saturated heterocycles. The first-order valence-electron chi connectivity index (χ1n) is 17.9. The van der Waals surface area contributed by atoms with Gasteiger partial charge in [-0.25, -0.2) is 19.0 Å². The Morgan fingerprint density at radius 1 is 1.11 bits per heavy atom. The van der Waals surface area contributed by atoms with Crippen molar-refractivity contribution in [1.82, 2.24) is 25.5 Å². The van der Waals surface area contributed by atoms with Crippen LogP contribution in [0.5, 0.6) is 0 Å². The molecular weight excluding hydrogens is 689 g/mol. The molecule has 3 aromatic rings. The summed E-state index contributed by atoms with van der Waals surface area (Å²) in [4.78, 5) is 63.8. The summed E-state index contributed by atoms with van der Waals surface area (Å²) in [7, 11) is 0. The van der Waals surface area contributed by atoms with E-state index in [0.29, 0.717) is 54.9 Å². The number of hydrogen-bond donors (Lipinski definition) is 6. The maximum atomic E-state index is 14.6. The zero-order valence-corrected chi connectivity index (χ0v) is 31.3. The number of aliphatic hydroxyl groups excluding tert-OH is 1. The SMILES string of the molecule is CC.CCCNC(N)=O.Cc1cc2c(CCCCOCNC(=O)CNC(=O)C(N)C(C)C)c3c(nc2cc1F)-c1cc2c(c(=O)n1C3)COC(=O)C2O. The van der Waals surface area contributed by atoms with E-state index in [1.54, 1.807) is 23.6 Å². The first-order valence-corrected chi connectivity index (χ1v) is 17.9. The average molecular weight is 742 g/mol. The second kappa shape index (κ2) is 19.8. The Morgan fingerprint density at radius 3 is 2.47 bits per heavy atom. The lowest BCUT2D eigenvalue weighted by Crippen LogP contribution is -2.47. The molecule has 0 radical (unpaired) electrons. The van der Waals surface area contributed by atoms with Crippen LogP contribution >= 0.6 is 0 Å². The van der Waals surface area contributed by atoms with Gasteiger partial charge in [-0.3, -0.25) is 14.4 Å². The van der Waals surface area contributed by atoms with Gasteiger partial charge in [0, 0.05) is 35.7 Å². The summed E-state index contributed by atoms with van der Waals surface area (Å²) in [5.41, 5.74) is 14.2. The number of fused-ring (bicyclic) bond motifs is 5. The molecule has 0 aliphatic carbocycles. The molecule has 0 fully saturated rings. The molecule has 4 heterocycles. The van der Waals surface area contributed by atoms with Crippen molar-refractivity contribution >= 4 is 34.7 Å². The highest BCUT2D eigenvalue weighted by molar-refractivity contribution is 5.89. The number of unbranched alkanes of at least 4 members (excludes halogenated alkanes) is 1. The molecule has 4 amide bonds. The fraction of sp³-hybridized carbons (Fsp3) is 0.514. The third-order valence-electron chi connectivity index (χ3n) is 8.68. The molecule has 0 spiro atoms. The van der Waals surface area contributed by atoms with Crippen molar-refractivity contribution in [1.29, 1.82) is 0 Å². The number of aliphatic hydroxyl groups is 1. The number of hydrogen-bond acceptors (Lipinski definition) is 10. The quantitative estimate of drug-likeness (QED) is 0.0666. The molecular formula is C37H52FN7O8. The Bertz CT molecular complexity index is 1860. The number of esters is 1. The summed E-state index contributed by atoms with van der Waals surface area (Å²) in [6, 6.07) is 3.62.